The standard InChI is InChI=1S/C18H20Cl2N2O4/c1-10-15(17(23)26-8-7-25-2)16(11-3-6-13(19)14(20)9-11)21-18(24)22(10)12-4-5-12/h3,6,9,12,16H,4-5,7-8H2,1-2H3,(H,21,24)/t16-/m0/s1. The Morgan fingerprint density at radius 1 is 1.27 bits per heavy atom. The van der Waals surface area contributed by atoms with Crippen LogP contribution in [0.2, 0.25) is 10.0 Å². The smallest absolute Gasteiger partial charge is 0.338 e. The SMILES string of the molecule is COCCOC(=O)C1=C(C)N(C2CC2)C(=O)N[C@H]1c1ccc(Cl)c(Cl)c1. The first-order chi connectivity index (χ1) is 12.4. The number of halogens is 2. The quantitative estimate of drug-likeness (QED) is 0.585. The van der Waals surface area contributed by atoms with Gasteiger partial charge in [0.1, 0.15) is 6.61 Å². The van der Waals surface area contributed by atoms with Crippen molar-refractivity contribution in [3.63, 3.8) is 0 Å². The van der Waals surface area contributed by atoms with E-state index >= 15 is 0 Å². The molecule has 0 radical (unpaired) electrons. The number of amides is 2. The van der Waals surface area contributed by atoms with Gasteiger partial charge < -0.3 is 14.8 Å². The number of allylic oxidation sites excluding steroid dienone is 1. The zero-order valence-electron chi connectivity index (χ0n) is 14.6. The average molecular weight is 399 g/mol. The van der Waals surface area contributed by atoms with Crippen LogP contribution < -0.4 is 5.32 Å². The van der Waals surface area contributed by atoms with Crippen molar-refractivity contribution in [3.8, 4) is 0 Å². The molecule has 1 aromatic carbocycles. The maximum absolute atomic E-state index is 12.7. The van der Waals surface area contributed by atoms with Crippen LogP contribution in [-0.2, 0) is 14.3 Å². The normalized spacial score (nSPS) is 20.2. The zero-order valence-corrected chi connectivity index (χ0v) is 16.1. The van der Waals surface area contributed by atoms with E-state index in [0.717, 1.165) is 12.8 Å². The van der Waals surface area contributed by atoms with Crippen LogP contribution >= 0.6 is 23.2 Å². The van der Waals surface area contributed by atoms with Crippen molar-refractivity contribution >= 4 is 35.2 Å². The number of rotatable bonds is 6. The van der Waals surface area contributed by atoms with Gasteiger partial charge in [0.2, 0.25) is 0 Å². The van der Waals surface area contributed by atoms with Crippen LogP contribution in [0, 0.1) is 0 Å². The Hall–Kier alpha value is -1.76. The van der Waals surface area contributed by atoms with Gasteiger partial charge in [0.25, 0.3) is 0 Å². The Balaban J connectivity index is 1.98. The van der Waals surface area contributed by atoms with Crippen LogP contribution in [-0.4, -0.2) is 43.3 Å². The molecular formula is C18H20Cl2N2O4. The van der Waals surface area contributed by atoms with E-state index in [1.165, 1.54) is 7.11 Å². The van der Waals surface area contributed by atoms with E-state index in [-0.39, 0.29) is 18.7 Å². The van der Waals surface area contributed by atoms with E-state index < -0.39 is 12.0 Å². The van der Waals surface area contributed by atoms with Gasteiger partial charge in [-0.3, -0.25) is 4.90 Å². The molecule has 1 fully saturated rings. The lowest BCUT2D eigenvalue weighted by atomic mass is 9.95. The van der Waals surface area contributed by atoms with Crippen LogP contribution in [0.5, 0.6) is 0 Å². The van der Waals surface area contributed by atoms with Crippen molar-refractivity contribution in [2.45, 2.75) is 31.8 Å². The van der Waals surface area contributed by atoms with Gasteiger partial charge >= 0.3 is 12.0 Å². The molecule has 0 spiro atoms. The molecule has 1 saturated carbocycles. The summed E-state index contributed by atoms with van der Waals surface area (Å²) in [5.41, 5.74) is 1.67. The van der Waals surface area contributed by atoms with Gasteiger partial charge in [0.05, 0.1) is 28.3 Å². The number of urea groups is 1. The molecule has 3 rings (SSSR count). The zero-order chi connectivity index (χ0) is 18.8. The Morgan fingerprint density at radius 2 is 2.00 bits per heavy atom. The number of ether oxygens (including phenoxy) is 2. The van der Waals surface area contributed by atoms with Crippen LogP contribution in [0.3, 0.4) is 0 Å². The fourth-order valence-corrected chi connectivity index (χ4v) is 3.34. The van der Waals surface area contributed by atoms with Crippen LogP contribution in [0.25, 0.3) is 0 Å². The third-order valence-electron chi connectivity index (χ3n) is 4.46. The minimum absolute atomic E-state index is 0.131. The first kappa shape index (κ1) is 19.0. The van der Waals surface area contributed by atoms with Crippen LogP contribution in [0.15, 0.2) is 29.5 Å². The van der Waals surface area contributed by atoms with E-state index in [1.54, 1.807) is 30.0 Å². The van der Waals surface area contributed by atoms with E-state index in [9.17, 15) is 9.59 Å². The predicted octanol–water partition coefficient (Wildman–Crippen LogP) is 3.69. The number of methoxy groups -OCH3 is 1. The molecule has 8 heteroatoms. The van der Waals surface area contributed by atoms with Crippen molar-refractivity contribution in [3.05, 3.63) is 45.1 Å². The third kappa shape index (κ3) is 3.82. The summed E-state index contributed by atoms with van der Waals surface area (Å²) in [6.07, 6.45) is 1.85. The fourth-order valence-electron chi connectivity index (χ4n) is 3.03. The molecule has 2 aliphatic rings. The lowest BCUT2D eigenvalue weighted by Crippen LogP contribution is -2.49. The van der Waals surface area contributed by atoms with Gasteiger partial charge in [-0.15, -0.1) is 0 Å². The number of carbonyl (C=O) groups excluding carboxylic acids is 2. The number of benzene rings is 1. The van der Waals surface area contributed by atoms with Crippen molar-refractivity contribution < 1.29 is 19.1 Å². The summed E-state index contributed by atoms with van der Waals surface area (Å²) in [5.74, 6) is -0.485. The fraction of sp³-hybridized carbons (Fsp3) is 0.444. The monoisotopic (exact) mass is 398 g/mol. The van der Waals surface area contributed by atoms with E-state index in [1.807, 2.05) is 0 Å². The summed E-state index contributed by atoms with van der Waals surface area (Å²) in [6.45, 7) is 2.21. The van der Waals surface area contributed by atoms with Gasteiger partial charge in [-0.2, -0.15) is 0 Å². The summed E-state index contributed by atoms with van der Waals surface area (Å²) in [5, 5.41) is 3.66. The number of nitrogens with zero attached hydrogens (tertiary/aromatic N) is 1. The first-order valence-electron chi connectivity index (χ1n) is 8.35. The predicted molar refractivity (Wildman–Crippen MR) is 98.1 cm³/mol. The average Bonchev–Trinajstić information content (AvgIpc) is 3.42. The molecule has 0 saturated heterocycles. The molecule has 26 heavy (non-hydrogen) atoms. The third-order valence-corrected chi connectivity index (χ3v) is 5.20. The highest BCUT2D eigenvalue weighted by molar-refractivity contribution is 6.42. The number of carbonyl (C=O) groups is 2. The second kappa shape index (κ2) is 7.86. The summed E-state index contributed by atoms with van der Waals surface area (Å²) in [7, 11) is 1.53. The minimum Gasteiger partial charge on any atom is -0.460 e. The molecular weight excluding hydrogens is 379 g/mol. The second-order valence-electron chi connectivity index (χ2n) is 6.29. The Kier molecular flexibility index (Phi) is 5.75. The largest absolute Gasteiger partial charge is 0.460 e. The Labute approximate surface area is 162 Å². The summed E-state index contributed by atoms with van der Waals surface area (Å²) in [4.78, 5) is 27.0. The highest BCUT2D eigenvalue weighted by Gasteiger charge is 2.42. The molecule has 1 aromatic rings. The molecule has 0 aromatic heterocycles. The summed E-state index contributed by atoms with van der Waals surface area (Å²) in [6, 6.07) is 4.28. The maximum atomic E-state index is 12.7. The number of nitrogens with one attached hydrogen (secondary N) is 1. The van der Waals surface area contributed by atoms with Crippen LogP contribution in [0.1, 0.15) is 31.4 Å². The molecule has 6 nitrogen and oxygen atoms in total. The molecule has 0 unspecified atom stereocenters. The van der Waals surface area contributed by atoms with Crippen molar-refractivity contribution in [1.29, 1.82) is 0 Å². The molecule has 2 amide bonds. The van der Waals surface area contributed by atoms with Gasteiger partial charge in [0, 0.05) is 18.8 Å². The Bertz CT molecular complexity index is 762. The highest BCUT2D eigenvalue weighted by atomic mass is 35.5. The minimum atomic E-state index is -0.651. The molecule has 0 bridgehead atoms. The lowest BCUT2D eigenvalue weighted by molar-refractivity contribution is -0.140. The number of esters is 1. The number of hydrogen-bond acceptors (Lipinski definition) is 4. The molecule has 1 N–H and O–H groups in total. The van der Waals surface area contributed by atoms with Crippen LogP contribution in [0.4, 0.5) is 4.79 Å². The topological polar surface area (TPSA) is 67.9 Å². The van der Waals surface area contributed by atoms with E-state index in [4.69, 9.17) is 32.7 Å². The summed E-state index contributed by atoms with van der Waals surface area (Å²) < 4.78 is 10.3. The molecule has 1 heterocycles. The van der Waals surface area contributed by atoms with E-state index in [0.29, 0.717) is 33.5 Å². The molecule has 1 atom stereocenters. The van der Waals surface area contributed by atoms with Crippen molar-refractivity contribution in [2.24, 2.45) is 0 Å². The molecule has 140 valence electrons. The molecule has 1 aliphatic carbocycles. The summed E-state index contributed by atoms with van der Waals surface area (Å²) >= 11 is 12.1. The maximum Gasteiger partial charge on any atom is 0.338 e. The first-order valence-corrected chi connectivity index (χ1v) is 9.11. The van der Waals surface area contributed by atoms with Gasteiger partial charge in [0.15, 0.2) is 0 Å². The Morgan fingerprint density at radius 3 is 2.62 bits per heavy atom. The van der Waals surface area contributed by atoms with Crippen molar-refractivity contribution in [2.75, 3.05) is 20.3 Å². The van der Waals surface area contributed by atoms with Crippen molar-refractivity contribution in [1.82, 2.24) is 10.2 Å². The van der Waals surface area contributed by atoms with Gasteiger partial charge in [-0.25, -0.2) is 9.59 Å². The van der Waals surface area contributed by atoms with Gasteiger partial charge in [-0.05, 0) is 37.5 Å². The highest BCUT2D eigenvalue weighted by Crippen LogP contribution is 2.38. The van der Waals surface area contributed by atoms with Gasteiger partial charge in [-0.1, -0.05) is 29.3 Å². The second-order valence-corrected chi connectivity index (χ2v) is 7.10. The number of hydrogen-bond donors (Lipinski definition) is 1. The molecule has 1 aliphatic heterocycles. The van der Waals surface area contributed by atoms with E-state index in [2.05, 4.69) is 5.32 Å². The lowest BCUT2D eigenvalue weighted by Gasteiger charge is -2.35.